The van der Waals surface area contributed by atoms with Gasteiger partial charge in [0.05, 0.1) is 10.9 Å². The Labute approximate surface area is 152 Å². The second-order valence-corrected chi connectivity index (χ2v) is 8.32. The maximum Gasteiger partial charge on any atom is 0.251 e. The number of sulfonamides is 1. The van der Waals surface area contributed by atoms with Gasteiger partial charge in [-0.2, -0.15) is 0 Å². The molecule has 25 heavy (non-hydrogen) atoms. The average molecular weight is 379 g/mol. The van der Waals surface area contributed by atoms with Gasteiger partial charge in [0.25, 0.3) is 5.91 Å². The first kappa shape index (κ1) is 17.9. The maximum atomic E-state index is 12.5. The van der Waals surface area contributed by atoms with Gasteiger partial charge in [-0.05, 0) is 55.7 Å². The van der Waals surface area contributed by atoms with E-state index in [2.05, 4.69) is 10.0 Å². The molecule has 1 atom stereocenters. The van der Waals surface area contributed by atoms with E-state index in [9.17, 15) is 13.2 Å². The summed E-state index contributed by atoms with van der Waals surface area (Å²) in [6.45, 7) is 1.85. The zero-order chi connectivity index (χ0) is 18.0. The van der Waals surface area contributed by atoms with Crippen LogP contribution >= 0.6 is 11.6 Å². The van der Waals surface area contributed by atoms with E-state index in [0.29, 0.717) is 10.6 Å². The Kier molecular flexibility index (Phi) is 5.13. The van der Waals surface area contributed by atoms with Gasteiger partial charge in [0.15, 0.2) is 0 Å². The van der Waals surface area contributed by atoms with Crippen LogP contribution in [0.25, 0.3) is 0 Å². The first-order valence-corrected chi connectivity index (χ1v) is 9.90. The van der Waals surface area contributed by atoms with E-state index in [1.807, 2.05) is 19.1 Å². The summed E-state index contributed by atoms with van der Waals surface area (Å²) in [6, 6.07) is 13.0. The van der Waals surface area contributed by atoms with Crippen molar-refractivity contribution in [3.05, 3.63) is 64.7 Å². The third-order valence-corrected chi connectivity index (χ3v) is 5.76. The molecular weight excluding hydrogens is 360 g/mol. The summed E-state index contributed by atoms with van der Waals surface area (Å²) in [5.74, 6) is -0.337. The number of carbonyl (C=O) groups is 1. The molecule has 2 N–H and O–H groups in total. The van der Waals surface area contributed by atoms with Gasteiger partial charge in [0.1, 0.15) is 0 Å². The van der Waals surface area contributed by atoms with Gasteiger partial charge in [0.2, 0.25) is 10.0 Å². The van der Waals surface area contributed by atoms with Crippen LogP contribution in [0.2, 0.25) is 5.02 Å². The molecule has 2 aromatic carbocycles. The highest BCUT2D eigenvalue weighted by molar-refractivity contribution is 7.89. The van der Waals surface area contributed by atoms with Crippen molar-refractivity contribution in [2.45, 2.75) is 36.7 Å². The van der Waals surface area contributed by atoms with Crippen LogP contribution in [0.3, 0.4) is 0 Å². The Balaban J connectivity index is 1.75. The number of carbonyl (C=O) groups excluding carboxylic acids is 1. The molecule has 1 saturated carbocycles. The van der Waals surface area contributed by atoms with Gasteiger partial charge < -0.3 is 5.32 Å². The summed E-state index contributed by atoms with van der Waals surface area (Å²) in [5, 5.41) is 3.45. The molecule has 0 unspecified atom stereocenters. The van der Waals surface area contributed by atoms with Gasteiger partial charge in [-0.25, -0.2) is 13.1 Å². The van der Waals surface area contributed by atoms with Gasteiger partial charge >= 0.3 is 0 Å². The fourth-order valence-corrected chi connectivity index (χ4v) is 3.98. The minimum atomic E-state index is -3.59. The predicted octanol–water partition coefficient (Wildman–Crippen LogP) is 3.27. The van der Waals surface area contributed by atoms with Gasteiger partial charge in [-0.15, -0.1) is 0 Å². The molecule has 1 amide bonds. The molecule has 5 nitrogen and oxygen atoms in total. The minimum Gasteiger partial charge on any atom is -0.346 e. The van der Waals surface area contributed by atoms with E-state index in [4.69, 9.17) is 11.6 Å². The topological polar surface area (TPSA) is 75.3 Å². The van der Waals surface area contributed by atoms with Crippen molar-refractivity contribution in [3.63, 3.8) is 0 Å². The molecular formula is C18H19ClN2O3S. The van der Waals surface area contributed by atoms with E-state index < -0.39 is 10.0 Å². The number of rotatable bonds is 6. The Hall–Kier alpha value is -1.89. The SMILES string of the molecule is C[C@H](NC(=O)c1cccc(S(=O)(=O)NC2CC2)c1)c1cccc(Cl)c1. The molecule has 0 radical (unpaired) electrons. The lowest BCUT2D eigenvalue weighted by Gasteiger charge is -2.15. The first-order chi connectivity index (χ1) is 11.8. The molecule has 1 aliphatic carbocycles. The monoisotopic (exact) mass is 378 g/mol. The van der Waals surface area contributed by atoms with Crippen LogP contribution in [0.5, 0.6) is 0 Å². The van der Waals surface area contributed by atoms with Gasteiger partial charge in [-0.3, -0.25) is 4.79 Å². The first-order valence-electron chi connectivity index (χ1n) is 8.04. The highest BCUT2D eigenvalue weighted by Gasteiger charge is 2.28. The zero-order valence-electron chi connectivity index (χ0n) is 13.7. The minimum absolute atomic E-state index is 0.0188. The lowest BCUT2D eigenvalue weighted by Crippen LogP contribution is -2.28. The molecule has 0 spiro atoms. The van der Waals surface area contributed by atoms with E-state index >= 15 is 0 Å². The highest BCUT2D eigenvalue weighted by atomic mass is 35.5. The van der Waals surface area contributed by atoms with Crippen LogP contribution in [0.4, 0.5) is 0 Å². The smallest absolute Gasteiger partial charge is 0.251 e. The normalized spacial score (nSPS) is 15.6. The van der Waals surface area contributed by atoms with Crippen molar-refractivity contribution >= 4 is 27.5 Å². The standard InChI is InChI=1S/C18H19ClN2O3S/c1-12(13-4-2-6-15(19)10-13)20-18(22)14-5-3-7-17(11-14)25(23,24)21-16-8-9-16/h2-7,10-12,16,21H,8-9H2,1H3,(H,20,22)/t12-/m0/s1. The van der Waals surface area contributed by atoms with Crippen molar-refractivity contribution in [3.8, 4) is 0 Å². The summed E-state index contributed by atoms with van der Waals surface area (Å²) in [6.07, 6.45) is 1.72. The molecule has 0 aromatic heterocycles. The molecule has 0 saturated heterocycles. The van der Waals surface area contributed by atoms with E-state index in [-0.39, 0.29) is 22.9 Å². The fourth-order valence-electron chi connectivity index (χ4n) is 2.43. The molecule has 0 aliphatic heterocycles. The molecule has 1 fully saturated rings. The van der Waals surface area contributed by atoms with Crippen LogP contribution in [-0.4, -0.2) is 20.4 Å². The summed E-state index contributed by atoms with van der Waals surface area (Å²) >= 11 is 5.97. The molecule has 132 valence electrons. The lowest BCUT2D eigenvalue weighted by atomic mass is 10.1. The van der Waals surface area contributed by atoms with Crippen molar-refractivity contribution in [2.24, 2.45) is 0 Å². The van der Waals surface area contributed by atoms with Gasteiger partial charge in [0, 0.05) is 16.6 Å². The third kappa shape index (κ3) is 4.60. The molecule has 0 heterocycles. The van der Waals surface area contributed by atoms with Crippen LogP contribution in [-0.2, 0) is 10.0 Å². The molecule has 7 heteroatoms. The summed E-state index contributed by atoms with van der Waals surface area (Å²) in [7, 11) is -3.59. The molecule has 1 aliphatic rings. The average Bonchev–Trinajstić information content (AvgIpc) is 3.38. The highest BCUT2D eigenvalue weighted by Crippen LogP contribution is 2.23. The third-order valence-electron chi connectivity index (χ3n) is 4.00. The second kappa shape index (κ2) is 7.15. The van der Waals surface area contributed by atoms with Crippen LogP contribution in [0.1, 0.15) is 41.7 Å². The number of halogens is 1. The number of hydrogen-bond donors (Lipinski definition) is 2. The maximum absolute atomic E-state index is 12.5. The number of hydrogen-bond acceptors (Lipinski definition) is 3. The van der Waals surface area contributed by atoms with Gasteiger partial charge in [-0.1, -0.05) is 29.8 Å². The molecule has 0 bridgehead atoms. The largest absolute Gasteiger partial charge is 0.346 e. The van der Waals surface area contributed by atoms with Crippen molar-refractivity contribution in [2.75, 3.05) is 0 Å². The molecule has 2 aromatic rings. The fraction of sp³-hybridized carbons (Fsp3) is 0.278. The Morgan fingerprint density at radius 1 is 1.16 bits per heavy atom. The van der Waals surface area contributed by atoms with Crippen LogP contribution < -0.4 is 10.0 Å². The number of amides is 1. The summed E-state index contributed by atoms with van der Waals surface area (Å²) < 4.78 is 27.2. The Morgan fingerprint density at radius 2 is 1.88 bits per heavy atom. The van der Waals surface area contributed by atoms with Crippen LogP contribution in [0, 0.1) is 0 Å². The Morgan fingerprint density at radius 3 is 2.56 bits per heavy atom. The van der Waals surface area contributed by atoms with Crippen molar-refractivity contribution in [1.82, 2.24) is 10.0 Å². The Bertz CT molecular complexity index is 895. The number of nitrogens with one attached hydrogen (secondary N) is 2. The van der Waals surface area contributed by atoms with Crippen LogP contribution in [0.15, 0.2) is 53.4 Å². The van der Waals surface area contributed by atoms with Crippen molar-refractivity contribution < 1.29 is 13.2 Å². The van der Waals surface area contributed by atoms with E-state index in [1.54, 1.807) is 24.3 Å². The summed E-state index contributed by atoms with van der Waals surface area (Å²) in [5.41, 5.74) is 1.17. The quantitative estimate of drug-likeness (QED) is 0.810. The number of benzene rings is 2. The zero-order valence-corrected chi connectivity index (χ0v) is 15.3. The second-order valence-electron chi connectivity index (χ2n) is 6.17. The molecule has 3 rings (SSSR count). The lowest BCUT2D eigenvalue weighted by molar-refractivity contribution is 0.0939. The van der Waals surface area contributed by atoms with E-state index in [1.165, 1.54) is 12.1 Å². The predicted molar refractivity (Wildman–Crippen MR) is 97.1 cm³/mol. The van der Waals surface area contributed by atoms with E-state index in [0.717, 1.165) is 18.4 Å². The summed E-state index contributed by atoms with van der Waals surface area (Å²) in [4.78, 5) is 12.6. The van der Waals surface area contributed by atoms with Crippen molar-refractivity contribution in [1.29, 1.82) is 0 Å².